The molecule has 1 aromatic carbocycles. The highest BCUT2D eigenvalue weighted by Crippen LogP contribution is 2.17. The van der Waals surface area contributed by atoms with Crippen molar-refractivity contribution in [1.82, 2.24) is 0 Å². The van der Waals surface area contributed by atoms with Crippen LogP contribution in [0.3, 0.4) is 0 Å². The minimum Gasteiger partial charge on any atom is -0.468 e. The highest BCUT2D eigenvalue weighted by molar-refractivity contribution is 6.04. The van der Waals surface area contributed by atoms with Gasteiger partial charge in [-0.25, -0.2) is 0 Å². The Morgan fingerprint density at radius 1 is 1.33 bits per heavy atom. The molecule has 1 N–H and O–H groups in total. The summed E-state index contributed by atoms with van der Waals surface area (Å²) in [5, 5.41) is 6.13. The smallest absolute Gasteiger partial charge is 0.318 e. The highest BCUT2D eigenvalue weighted by atomic mass is 16.5. The maximum Gasteiger partial charge on any atom is 0.318 e. The van der Waals surface area contributed by atoms with Crippen LogP contribution in [0, 0.1) is 11.8 Å². The second-order valence-corrected chi connectivity index (χ2v) is 4.82. The Labute approximate surface area is 122 Å². The van der Waals surface area contributed by atoms with Gasteiger partial charge in [0.15, 0.2) is 0 Å². The van der Waals surface area contributed by atoms with Gasteiger partial charge in [-0.2, -0.15) is 0 Å². The van der Waals surface area contributed by atoms with E-state index in [9.17, 15) is 9.59 Å². The van der Waals surface area contributed by atoms with Crippen LogP contribution in [-0.4, -0.2) is 19.0 Å². The van der Waals surface area contributed by atoms with Gasteiger partial charge >= 0.3 is 5.97 Å². The number of azide groups is 1. The number of carbonyl (C=O) groups excluding carboxylic acids is 2. The van der Waals surface area contributed by atoms with Gasteiger partial charge in [-0.05, 0) is 29.1 Å². The SMILES string of the molecule is COC(=O)C(C(=O)Nc1ccc(CN=[N+]=[N-])cc1)C(C)C. The molecule has 0 aliphatic heterocycles. The zero-order chi connectivity index (χ0) is 15.8. The number of ether oxygens (including phenoxy) is 1. The van der Waals surface area contributed by atoms with Crippen molar-refractivity contribution in [3.63, 3.8) is 0 Å². The standard InChI is InChI=1S/C14H18N4O3/c1-9(2)12(14(20)21-3)13(19)17-11-6-4-10(5-7-11)8-16-18-15/h4-7,9,12H,8H2,1-3H3,(H,17,19). The second-order valence-electron chi connectivity index (χ2n) is 4.82. The zero-order valence-electron chi connectivity index (χ0n) is 12.2. The number of amides is 1. The van der Waals surface area contributed by atoms with Gasteiger partial charge in [0.25, 0.3) is 0 Å². The fourth-order valence-corrected chi connectivity index (χ4v) is 1.84. The van der Waals surface area contributed by atoms with Gasteiger partial charge < -0.3 is 10.1 Å². The first-order valence-electron chi connectivity index (χ1n) is 6.48. The maximum absolute atomic E-state index is 12.1. The lowest BCUT2D eigenvalue weighted by molar-refractivity contribution is -0.150. The maximum atomic E-state index is 12.1. The highest BCUT2D eigenvalue weighted by Gasteiger charge is 2.30. The molecule has 0 spiro atoms. The lowest BCUT2D eigenvalue weighted by Gasteiger charge is -2.17. The predicted molar refractivity (Wildman–Crippen MR) is 78.3 cm³/mol. The second kappa shape index (κ2) is 7.91. The number of benzene rings is 1. The number of hydrogen-bond acceptors (Lipinski definition) is 4. The van der Waals surface area contributed by atoms with E-state index in [1.54, 1.807) is 38.1 Å². The van der Waals surface area contributed by atoms with Crippen molar-refractivity contribution in [2.75, 3.05) is 12.4 Å². The van der Waals surface area contributed by atoms with E-state index < -0.39 is 17.8 Å². The summed E-state index contributed by atoms with van der Waals surface area (Å²) in [5.41, 5.74) is 9.65. The van der Waals surface area contributed by atoms with E-state index in [1.807, 2.05) is 0 Å². The third-order valence-electron chi connectivity index (χ3n) is 2.94. The van der Waals surface area contributed by atoms with Gasteiger partial charge in [0.05, 0.1) is 13.7 Å². The first-order chi connectivity index (χ1) is 9.99. The minimum absolute atomic E-state index is 0.165. The first-order valence-corrected chi connectivity index (χ1v) is 6.48. The van der Waals surface area contributed by atoms with Crippen LogP contribution in [0.5, 0.6) is 0 Å². The van der Waals surface area contributed by atoms with E-state index in [4.69, 9.17) is 5.53 Å². The molecule has 1 unspecified atom stereocenters. The van der Waals surface area contributed by atoms with Crippen molar-refractivity contribution in [2.45, 2.75) is 20.4 Å². The summed E-state index contributed by atoms with van der Waals surface area (Å²) in [4.78, 5) is 26.4. The molecule has 0 aliphatic carbocycles. The fourth-order valence-electron chi connectivity index (χ4n) is 1.84. The van der Waals surface area contributed by atoms with Gasteiger partial charge in [-0.1, -0.05) is 31.1 Å². The summed E-state index contributed by atoms with van der Waals surface area (Å²) in [6, 6.07) is 6.86. The van der Waals surface area contributed by atoms with E-state index >= 15 is 0 Å². The van der Waals surface area contributed by atoms with Gasteiger partial charge in [0, 0.05) is 10.6 Å². The summed E-state index contributed by atoms with van der Waals surface area (Å²) in [6.07, 6.45) is 0. The third-order valence-corrected chi connectivity index (χ3v) is 2.94. The molecular formula is C14H18N4O3. The van der Waals surface area contributed by atoms with Crippen LogP contribution in [0.25, 0.3) is 10.4 Å². The summed E-state index contributed by atoms with van der Waals surface area (Å²) >= 11 is 0. The lowest BCUT2D eigenvalue weighted by atomic mass is 9.95. The minimum atomic E-state index is -0.849. The zero-order valence-corrected chi connectivity index (χ0v) is 12.2. The number of nitrogens with one attached hydrogen (secondary N) is 1. The molecular weight excluding hydrogens is 272 g/mol. The van der Waals surface area contributed by atoms with Crippen molar-refractivity contribution < 1.29 is 14.3 Å². The Bertz CT molecular complexity index is 548. The van der Waals surface area contributed by atoms with E-state index in [0.717, 1.165) is 5.56 Å². The number of hydrogen-bond donors (Lipinski definition) is 1. The lowest BCUT2D eigenvalue weighted by Crippen LogP contribution is -2.34. The molecule has 0 saturated carbocycles. The molecule has 0 heterocycles. The van der Waals surface area contributed by atoms with E-state index in [-0.39, 0.29) is 12.5 Å². The van der Waals surface area contributed by atoms with Crippen LogP contribution in [0.15, 0.2) is 29.4 Å². The normalized spacial score (nSPS) is 11.4. The molecule has 0 fully saturated rings. The van der Waals surface area contributed by atoms with Gasteiger partial charge in [-0.3, -0.25) is 9.59 Å². The number of methoxy groups -OCH3 is 1. The Morgan fingerprint density at radius 3 is 2.43 bits per heavy atom. The molecule has 0 aliphatic rings. The molecule has 0 saturated heterocycles. The van der Waals surface area contributed by atoms with Crippen LogP contribution in [0.2, 0.25) is 0 Å². The van der Waals surface area contributed by atoms with Crippen LogP contribution < -0.4 is 5.32 Å². The Morgan fingerprint density at radius 2 is 1.95 bits per heavy atom. The molecule has 0 bridgehead atoms. The molecule has 1 atom stereocenters. The molecule has 1 rings (SSSR count). The number of rotatable bonds is 6. The van der Waals surface area contributed by atoms with E-state index in [2.05, 4.69) is 20.1 Å². The van der Waals surface area contributed by atoms with E-state index in [1.165, 1.54) is 7.11 Å². The topological polar surface area (TPSA) is 104 Å². The van der Waals surface area contributed by atoms with Crippen LogP contribution in [0.1, 0.15) is 19.4 Å². The number of esters is 1. The summed E-state index contributed by atoms with van der Waals surface area (Å²) in [5.74, 6) is -1.97. The summed E-state index contributed by atoms with van der Waals surface area (Å²) in [7, 11) is 1.26. The van der Waals surface area contributed by atoms with Crippen molar-refractivity contribution in [2.24, 2.45) is 17.0 Å². The third kappa shape index (κ3) is 4.81. The fraction of sp³-hybridized carbons (Fsp3) is 0.429. The number of anilines is 1. The largest absolute Gasteiger partial charge is 0.468 e. The average Bonchev–Trinajstić information content (AvgIpc) is 2.46. The molecule has 0 radical (unpaired) electrons. The molecule has 21 heavy (non-hydrogen) atoms. The van der Waals surface area contributed by atoms with Crippen molar-refractivity contribution >= 4 is 17.6 Å². The van der Waals surface area contributed by atoms with Crippen molar-refractivity contribution in [3.8, 4) is 0 Å². The molecule has 112 valence electrons. The Kier molecular flexibility index (Phi) is 6.23. The number of nitrogens with zero attached hydrogens (tertiary/aromatic N) is 3. The molecule has 7 heteroatoms. The van der Waals surface area contributed by atoms with Gasteiger partial charge in [-0.15, -0.1) is 0 Å². The first kappa shape index (κ1) is 16.5. The number of carbonyl (C=O) groups is 2. The summed E-state index contributed by atoms with van der Waals surface area (Å²) < 4.78 is 4.65. The molecule has 1 amide bonds. The quantitative estimate of drug-likeness (QED) is 0.286. The van der Waals surface area contributed by atoms with Gasteiger partial charge in [0.2, 0.25) is 5.91 Å². The van der Waals surface area contributed by atoms with Crippen LogP contribution in [-0.2, 0) is 20.9 Å². The van der Waals surface area contributed by atoms with E-state index in [0.29, 0.717) is 5.69 Å². The van der Waals surface area contributed by atoms with Crippen molar-refractivity contribution in [1.29, 1.82) is 0 Å². The Hall–Kier alpha value is -2.53. The van der Waals surface area contributed by atoms with Gasteiger partial charge in [0.1, 0.15) is 5.92 Å². The Balaban J connectivity index is 2.77. The van der Waals surface area contributed by atoms with Crippen molar-refractivity contribution in [3.05, 3.63) is 40.3 Å². The van der Waals surface area contributed by atoms with Crippen LogP contribution >= 0.6 is 0 Å². The monoisotopic (exact) mass is 290 g/mol. The molecule has 1 aromatic rings. The van der Waals surface area contributed by atoms with Crippen LogP contribution in [0.4, 0.5) is 5.69 Å². The molecule has 7 nitrogen and oxygen atoms in total. The predicted octanol–water partition coefficient (Wildman–Crippen LogP) is 2.88. The summed E-state index contributed by atoms with van der Waals surface area (Å²) in [6.45, 7) is 3.82. The average molecular weight is 290 g/mol. The molecule has 0 aromatic heterocycles.